The summed E-state index contributed by atoms with van der Waals surface area (Å²) in [5.41, 5.74) is 2.47. The number of hydrogen-bond acceptors (Lipinski definition) is 5. The lowest BCUT2D eigenvalue weighted by molar-refractivity contribution is 0.108. The van der Waals surface area contributed by atoms with Crippen LogP contribution in [0.15, 0.2) is 42.9 Å². The van der Waals surface area contributed by atoms with Crippen molar-refractivity contribution in [2.45, 2.75) is 19.4 Å². The Hall–Kier alpha value is -2.67. The largest absolute Gasteiger partial charge is 0.350 e. The smallest absolute Gasteiger partial charge is 0.225 e. The van der Waals surface area contributed by atoms with Gasteiger partial charge in [0.05, 0.1) is 0 Å². The van der Waals surface area contributed by atoms with Gasteiger partial charge in [0.1, 0.15) is 5.68 Å². The lowest BCUT2D eigenvalue weighted by Crippen LogP contribution is -2.38. The van der Waals surface area contributed by atoms with E-state index in [-0.39, 0.29) is 0 Å². The van der Waals surface area contributed by atoms with Gasteiger partial charge in [0.2, 0.25) is 5.95 Å². The van der Waals surface area contributed by atoms with Gasteiger partial charge in [-0.3, -0.25) is 0 Å². The third kappa shape index (κ3) is 3.94. The quantitative estimate of drug-likeness (QED) is 0.672. The fourth-order valence-electron chi connectivity index (χ4n) is 3.93. The van der Waals surface area contributed by atoms with Crippen molar-refractivity contribution in [2.75, 3.05) is 24.5 Å². The molecule has 6 nitrogen and oxygen atoms in total. The molecule has 0 atom stereocenters. The van der Waals surface area contributed by atoms with Crippen molar-refractivity contribution < 1.29 is 4.79 Å². The van der Waals surface area contributed by atoms with Gasteiger partial charge in [0.15, 0.2) is 7.85 Å². The molecule has 1 aliphatic heterocycles. The van der Waals surface area contributed by atoms with Gasteiger partial charge in [0, 0.05) is 61.7 Å². The molecule has 0 bridgehead atoms. The van der Waals surface area contributed by atoms with Crippen LogP contribution < -0.4 is 10.2 Å². The van der Waals surface area contributed by atoms with Gasteiger partial charge in [-0.15, -0.1) is 0 Å². The van der Waals surface area contributed by atoms with Crippen LogP contribution in [-0.4, -0.2) is 47.7 Å². The van der Waals surface area contributed by atoms with E-state index in [1.807, 2.05) is 0 Å². The van der Waals surface area contributed by atoms with Crippen LogP contribution in [0, 0.1) is 5.92 Å². The average molecular weight is 373 g/mol. The highest BCUT2D eigenvalue weighted by molar-refractivity contribution is 6.62. The minimum atomic E-state index is -0.498. The molecule has 1 saturated heterocycles. The normalized spacial score (nSPS) is 15.2. The fraction of sp³-hybridized carbons (Fsp3) is 0.381. The van der Waals surface area contributed by atoms with E-state index in [1.165, 1.54) is 28.9 Å². The van der Waals surface area contributed by atoms with E-state index in [0.29, 0.717) is 17.4 Å². The Labute approximate surface area is 166 Å². The topological polar surface area (TPSA) is 63.1 Å². The van der Waals surface area contributed by atoms with E-state index in [9.17, 15) is 4.79 Å². The summed E-state index contributed by atoms with van der Waals surface area (Å²) in [7, 11) is 7.34. The van der Waals surface area contributed by atoms with Gasteiger partial charge >= 0.3 is 0 Å². The number of aromatic nitrogens is 3. The standard InChI is InChI=1S/C21H24BN5O/c1-26-14-17(18-4-2-3-5-19(18)26)11-23-10-15-6-8-27(9-7-15)21-24-12-16(13-25-21)20(22)28/h2-5,12-15,23H,6-11H2,1H3. The minimum absolute atomic E-state index is 0.344. The monoisotopic (exact) mass is 373 g/mol. The van der Waals surface area contributed by atoms with Crippen LogP contribution in [-0.2, 0) is 13.6 Å². The first-order chi connectivity index (χ1) is 13.6. The number of nitrogens with zero attached hydrogens (tertiary/aromatic N) is 4. The Morgan fingerprint density at radius 2 is 1.93 bits per heavy atom. The summed E-state index contributed by atoms with van der Waals surface area (Å²) in [6, 6.07) is 8.53. The zero-order chi connectivity index (χ0) is 19.5. The number of hydrogen-bond donors (Lipinski definition) is 1. The van der Waals surface area contributed by atoms with Crippen molar-refractivity contribution in [2.24, 2.45) is 13.0 Å². The van der Waals surface area contributed by atoms with E-state index in [2.05, 4.69) is 62.3 Å². The molecule has 0 spiro atoms. The van der Waals surface area contributed by atoms with Crippen LogP contribution in [0.5, 0.6) is 0 Å². The zero-order valence-corrected chi connectivity index (χ0v) is 16.1. The summed E-state index contributed by atoms with van der Waals surface area (Å²) in [6.45, 7) is 3.75. The molecule has 7 heteroatoms. The molecule has 1 N–H and O–H groups in total. The Morgan fingerprint density at radius 3 is 2.64 bits per heavy atom. The summed E-state index contributed by atoms with van der Waals surface area (Å²) in [6.07, 6.45) is 7.42. The molecule has 1 aromatic carbocycles. The third-order valence-corrected chi connectivity index (χ3v) is 5.55. The molecule has 3 heterocycles. The van der Waals surface area contributed by atoms with Gasteiger partial charge in [-0.1, -0.05) is 18.2 Å². The van der Waals surface area contributed by atoms with E-state index in [1.54, 1.807) is 0 Å². The lowest BCUT2D eigenvalue weighted by Gasteiger charge is -2.32. The second-order valence-electron chi connectivity index (χ2n) is 7.48. The van der Waals surface area contributed by atoms with Crippen molar-refractivity contribution in [3.8, 4) is 0 Å². The third-order valence-electron chi connectivity index (χ3n) is 5.55. The Morgan fingerprint density at radius 1 is 1.21 bits per heavy atom. The summed E-state index contributed by atoms with van der Waals surface area (Å²) in [5.74, 6) is 1.32. The maximum atomic E-state index is 11.1. The van der Waals surface area contributed by atoms with E-state index >= 15 is 0 Å². The highest BCUT2D eigenvalue weighted by Gasteiger charge is 2.21. The number of carbonyl (C=O) groups is 1. The maximum absolute atomic E-state index is 11.1. The highest BCUT2D eigenvalue weighted by atomic mass is 16.1. The molecule has 0 saturated carbocycles. The van der Waals surface area contributed by atoms with Gasteiger partial charge in [-0.2, -0.15) is 0 Å². The Bertz CT molecular complexity index is 961. The van der Waals surface area contributed by atoms with Crippen LogP contribution in [0.3, 0.4) is 0 Å². The molecule has 2 radical (unpaired) electrons. The molecule has 28 heavy (non-hydrogen) atoms. The molecule has 1 aliphatic rings. The van der Waals surface area contributed by atoms with Crippen LogP contribution in [0.2, 0.25) is 0 Å². The first-order valence-electron chi connectivity index (χ1n) is 9.72. The van der Waals surface area contributed by atoms with E-state index < -0.39 is 5.68 Å². The van der Waals surface area contributed by atoms with Crippen molar-refractivity contribution in [1.82, 2.24) is 19.9 Å². The Balaban J connectivity index is 1.27. The number of rotatable bonds is 6. The summed E-state index contributed by atoms with van der Waals surface area (Å²) < 4.78 is 2.19. The molecule has 2 aromatic heterocycles. The molecule has 3 aromatic rings. The lowest BCUT2D eigenvalue weighted by atomic mass is 9.96. The first kappa shape index (κ1) is 18.7. The molecular weight excluding hydrogens is 349 g/mol. The van der Waals surface area contributed by atoms with Gasteiger partial charge in [0.25, 0.3) is 0 Å². The summed E-state index contributed by atoms with van der Waals surface area (Å²) in [4.78, 5) is 21.9. The van der Waals surface area contributed by atoms with Crippen molar-refractivity contribution in [1.29, 1.82) is 0 Å². The summed E-state index contributed by atoms with van der Waals surface area (Å²) >= 11 is 0. The number of anilines is 1. The van der Waals surface area contributed by atoms with E-state index in [4.69, 9.17) is 7.85 Å². The molecule has 142 valence electrons. The molecular formula is C21H24BN5O. The van der Waals surface area contributed by atoms with Crippen molar-refractivity contribution in [3.05, 3.63) is 54.0 Å². The molecule has 0 aliphatic carbocycles. The summed E-state index contributed by atoms with van der Waals surface area (Å²) in [5, 5.41) is 4.96. The number of benzene rings is 1. The highest BCUT2D eigenvalue weighted by Crippen LogP contribution is 2.22. The SMILES string of the molecule is [B]C(=O)c1cnc(N2CCC(CNCc3cn(C)c4ccccc34)CC2)nc1. The predicted octanol–water partition coefficient (Wildman–Crippen LogP) is 2.28. The number of carbonyl (C=O) groups excluding carboxylic acids is 1. The van der Waals surface area contributed by atoms with Crippen LogP contribution in [0.25, 0.3) is 10.9 Å². The second-order valence-corrected chi connectivity index (χ2v) is 7.48. The molecule has 4 rings (SSSR count). The van der Waals surface area contributed by atoms with Crippen LogP contribution in [0.1, 0.15) is 28.8 Å². The Kier molecular flexibility index (Phi) is 5.44. The van der Waals surface area contributed by atoms with Gasteiger partial charge in [-0.25, -0.2) is 9.97 Å². The first-order valence-corrected chi connectivity index (χ1v) is 9.72. The number of para-hydroxylation sites is 1. The number of nitrogens with one attached hydrogen (secondary N) is 1. The maximum Gasteiger partial charge on any atom is 0.225 e. The average Bonchev–Trinajstić information content (AvgIpc) is 3.05. The number of fused-ring (bicyclic) bond motifs is 1. The second kappa shape index (κ2) is 8.14. The number of aryl methyl sites for hydroxylation is 1. The van der Waals surface area contributed by atoms with Gasteiger partial charge in [-0.05, 0) is 36.9 Å². The molecule has 0 unspecified atom stereocenters. The van der Waals surface area contributed by atoms with Crippen LogP contribution >= 0.6 is 0 Å². The molecule has 1 fully saturated rings. The predicted molar refractivity (Wildman–Crippen MR) is 112 cm³/mol. The zero-order valence-electron chi connectivity index (χ0n) is 16.1. The van der Waals surface area contributed by atoms with Gasteiger partial charge < -0.3 is 19.6 Å². The number of piperidine rings is 1. The van der Waals surface area contributed by atoms with E-state index in [0.717, 1.165) is 39.0 Å². The fourth-order valence-corrected chi connectivity index (χ4v) is 3.93. The van der Waals surface area contributed by atoms with Crippen molar-refractivity contribution >= 4 is 30.4 Å². The van der Waals surface area contributed by atoms with Crippen molar-refractivity contribution in [3.63, 3.8) is 0 Å². The van der Waals surface area contributed by atoms with Crippen LogP contribution in [0.4, 0.5) is 5.95 Å². The molecule has 0 amide bonds. The minimum Gasteiger partial charge on any atom is -0.350 e.